The van der Waals surface area contributed by atoms with Crippen molar-refractivity contribution in [3.8, 4) is 5.75 Å². The average molecular weight is 469 g/mol. The maximum atomic E-state index is 14.4. The van der Waals surface area contributed by atoms with E-state index in [9.17, 15) is 4.39 Å². The van der Waals surface area contributed by atoms with Crippen molar-refractivity contribution in [2.24, 2.45) is 0 Å². The molecule has 3 fully saturated rings. The number of ether oxygens (including phenoxy) is 2. The minimum absolute atomic E-state index is 0.0705. The van der Waals surface area contributed by atoms with Crippen LogP contribution in [0.5, 0.6) is 5.75 Å². The largest absolute Gasteiger partial charge is 0.486 e. The maximum Gasteiger partial charge on any atom is 0.143 e. The van der Waals surface area contributed by atoms with Crippen LogP contribution in [0.15, 0.2) is 24.5 Å². The van der Waals surface area contributed by atoms with Crippen LogP contribution in [0.25, 0.3) is 0 Å². The van der Waals surface area contributed by atoms with Gasteiger partial charge in [-0.1, -0.05) is 6.07 Å². The number of hydrogen-bond acceptors (Lipinski definition) is 8. The fourth-order valence-corrected chi connectivity index (χ4v) is 5.78. The number of nitrogens with zero attached hydrogens (tertiary/aromatic N) is 4. The predicted octanol–water partition coefficient (Wildman–Crippen LogP) is 2.83. The van der Waals surface area contributed by atoms with Crippen molar-refractivity contribution in [1.82, 2.24) is 20.2 Å². The molecule has 2 N–H and O–H groups in total. The zero-order valence-corrected chi connectivity index (χ0v) is 19.5. The molecule has 2 aromatic rings. The van der Waals surface area contributed by atoms with Crippen molar-refractivity contribution >= 4 is 17.3 Å². The number of anilines is 3. The first-order valence-corrected chi connectivity index (χ1v) is 12.6. The second kappa shape index (κ2) is 9.64. The highest BCUT2D eigenvalue weighted by Gasteiger charge is 2.33. The summed E-state index contributed by atoms with van der Waals surface area (Å²) in [6.07, 6.45) is 3.87. The smallest absolute Gasteiger partial charge is 0.143 e. The molecule has 8 nitrogen and oxygen atoms in total. The minimum Gasteiger partial charge on any atom is -0.486 e. The van der Waals surface area contributed by atoms with Crippen molar-refractivity contribution in [1.29, 1.82) is 0 Å². The molecular weight excluding hydrogens is 435 g/mol. The van der Waals surface area contributed by atoms with Gasteiger partial charge < -0.3 is 25.0 Å². The van der Waals surface area contributed by atoms with Crippen molar-refractivity contribution in [3.63, 3.8) is 0 Å². The van der Waals surface area contributed by atoms with E-state index in [4.69, 9.17) is 9.47 Å². The highest BCUT2D eigenvalue weighted by molar-refractivity contribution is 5.71. The number of fused-ring (bicyclic) bond motifs is 2. The summed E-state index contributed by atoms with van der Waals surface area (Å²) < 4.78 is 26.1. The summed E-state index contributed by atoms with van der Waals surface area (Å²) >= 11 is 0. The van der Waals surface area contributed by atoms with Crippen molar-refractivity contribution in [2.45, 2.75) is 44.0 Å². The highest BCUT2D eigenvalue weighted by Crippen LogP contribution is 2.39. The van der Waals surface area contributed by atoms with Crippen molar-refractivity contribution in [3.05, 3.63) is 35.7 Å². The molecule has 1 aromatic heterocycles. The molecule has 9 heteroatoms. The summed E-state index contributed by atoms with van der Waals surface area (Å²) in [6, 6.07) is 6.54. The number of benzene rings is 1. The molecule has 3 saturated heterocycles. The number of piperidine rings is 2. The predicted molar refractivity (Wildman–Crippen MR) is 129 cm³/mol. The number of nitrogens with one attached hydrogen (secondary N) is 2. The van der Waals surface area contributed by atoms with Gasteiger partial charge in [0.1, 0.15) is 36.5 Å². The van der Waals surface area contributed by atoms with Gasteiger partial charge in [0.15, 0.2) is 0 Å². The lowest BCUT2D eigenvalue weighted by atomic mass is 9.87. The van der Waals surface area contributed by atoms with Crippen LogP contribution in [0.4, 0.5) is 21.7 Å². The van der Waals surface area contributed by atoms with Crippen molar-refractivity contribution in [2.75, 3.05) is 62.7 Å². The third kappa shape index (κ3) is 4.32. The number of aromatic nitrogens is 2. The van der Waals surface area contributed by atoms with Gasteiger partial charge in [0.05, 0.1) is 24.5 Å². The summed E-state index contributed by atoms with van der Waals surface area (Å²) in [6.45, 7) is 6.80. The molecular formula is C25H33FN6O2. The topological polar surface area (TPSA) is 74.8 Å². The molecule has 4 aliphatic rings. The minimum atomic E-state index is -0.761. The number of hydrogen-bond donors (Lipinski definition) is 2. The van der Waals surface area contributed by atoms with E-state index >= 15 is 0 Å². The quantitative estimate of drug-likeness (QED) is 0.713. The summed E-state index contributed by atoms with van der Waals surface area (Å²) in [5.74, 6) is 3.04. The Morgan fingerprint density at radius 1 is 1.03 bits per heavy atom. The van der Waals surface area contributed by atoms with Gasteiger partial charge in [-0.05, 0) is 62.5 Å². The third-order valence-electron chi connectivity index (χ3n) is 7.71. The lowest BCUT2D eigenvalue weighted by Gasteiger charge is -2.41. The molecule has 4 aliphatic heterocycles. The Labute approximate surface area is 199 Å². The molecule has 0 aliphatic carbocycles. The lowest BCUT2D eigenvalue weighted by Crippen LogP contribution is -2.53. The Morgan fingerprint density at radius 3 is 2.71 bits per heavy atom. The number of likely N-dealkylation sites (tertiary alicyclic amines) is 1. The van der Waals surface area contributed by atoms with Crippen LogP contribution in [-0.4, -0.2) is 79.6 Å². The molecule has 1 aromatic carbocycles. The van der Waals surface area contributed by atoms with E-state index in [-0.39, 0.29) is 6.04 Å². The Bertz CT molecular complexity index is 1010. The zero-order valence-electron chi connectivity index (χ0n) is 19.5. The summed E-state index contributed by atoms with van der Waals surface area (Å²) in [7, 11) is 0. The summed E-state index contributed by atoms with van der Waals surface area (Å²) in [4.78, 5) is 13.7. The van der Waals surface area contributed by atoms with Crippen LogP contribution < -0.4 is 20.3 Å². The van der Waals surface area contributed by atoms with Crippen LogP contribution in [0.2, 0.25) is 0 Å². The van der Waals surface area contributed by atoms with Gasteiger partial charge in [-0.15, -0.1) is 0 Å². The Morgan fingerprint density at radius 2 is 1.88 bits per heavy atom. The molecule has 5 heterocycles. The van der Waals surface area contributed by atoms with Gasteiger partial charge in [-0.2, -0.15) is 0 Å². The van der Waals surface area contributed by atoms with Crippen LogP contribution in [0.1, 0.15) is 36.3 Å². The van der Waals surface area contributed by atoms with Gasteiger partial charge in [0, 0.05) is 25.7 Å². The second-order valence-electron chi connectivity index (χ2n) is 9.68. The Kier molecular flexibility index (Phi) is 6.24. The molecule has 0 bridgehead atoms. The summed E-state index contributed by atoms with van der Waals surface area (Å²) in [5.41, 5.74) is 3.24. The summed E-state index contributed by atoms with van der Waals surface area (Å²) in [5, 5.41) is 6.69. The molecule has 6 rings (SSSR count). The molecule has 0 spiro atoms. The van der Waals surface area contributed by atoms with Gasteiger partial charge in [-0.25, -0.2) is 14.4 Å². The first kappa shape index (κ1) is 22.0. The normalized spacial score (nSPS) is 26.1. The van der Waals surface area contributed by atoms with Crippen LogP contribution in [0, 0.1) is 0 Å². The number of morpholine rings is 1. The lowest BCUT2D eigenvalue weighted by molar-refractivity contribution is 0.0645. The standard InChI is InChI=1S/C25H33FN6O2/c26-20-14-27-6-3-22(20)31-7-4-17(5-8-31)18-1-2-23-21(13-18)30-24-19(15-34-23)25(29-16-28-24)32-9-11-33-12-10-32/h1-2,13,16-17,20,22,27H,3-12,14-15H2,(H,28,29,30). The van der Waals surface area contributed by atoms with E-state index in [1.54, 1.807) is 6.33 Å². The highest BCUT2D eigenvalue weighted by atomic mass is 19.1. The second-order valence-corrected chi connectivity index (χ2v) is 9.68. The van der Waals surface area contributed by atoms with Crippen LogP contribution in [-0.2, 0) is 11.3 Å². The van der Waals surface area contributed by atoms with E-state index in [2.05, 4.69) is 48.6 Å². The first-order valence-electron chi connectivity index (χ1n) is 12.6. The first-order chi connectivity index (χ1) is 16.8. The third-order valence-corrected chi connectivity index (χ3v) is 7.71. The zero-order chi connectivity index (χ0) is 22.9. The molecule has 34 heavy (non-hydrogen) atoms. The van der Waals surface area contributed by atoms with Crippen LogP contribution >= 0.6 is 0 Å². The van der Waals surface area contributed by atoms with E-state index in [0.29, 0.717) is 32.3 Å². The van der Waals surface area contributed by atoms with E-state index in [1.165, 1.54) is 5.56 Å². The van der Waals surface area contributed by atoms with E-state index in [1.807, 2.05) is 0 Å². The Hall–Kier alpha value is -2.49. The number of halogens is 1. The van der Waals surface area contributed by atoms with Gasteiger partial charge >= 0.3 is 0 Å². The number of rotatable bonds is 3. The van der Waals surface area contributed by atoms with Gasteiger partial charge in [0.25, 0.3) is 0 Å². The van der Waals surface area contributed by atoms with Crippen molar-refractivity contribution < 1.29 is 13.9 Å². The fraction of sp³-hybridized carbons (Fsp3) is 0.600. The SMILES string of the molecule is FC1CNCCC1N1CCC(c2ccc3c(c2)Nc2ncnc(N4CCOCC4)c2CO3)CC1. The monoisotopic (exact) mass is 468 g/mol. The molecule has 0 saturated carbocycles. The van der Waals surface area contributed by atoms with E-state index in [0.717, 1.165) is 80.6 Å². The number of alkyl halides is 1. The molecule has 0 radical (unpaired) electrons. The molecule has 2 unspecified atom stereocenters. The van der Waals surface area contributed by atoms with Gasteiger partial charge in [-0.3, -0.25) is 4.90 Å². The molecule has 182 valence electrons. The van der Waals surface area contributed by atoms with Gasteiger partial charge in [0.2, 0.25) is 0 Å². The fourth-order valence-electron chi connectivity index (χ4n) is 5.78. The van der Waals surface area contributed by atoms with Crippen LogP contribution in [0.3, 0.4) is 0 Å². The molecule has 2 atom stereocenters. The molecule has 0 amide bonds. The van der Waals surface area contributed by atoms with E-state index < -0.39 is 6.17 Å². The Balaban J connectivity index is 1.17. The average Bonchev–Trinajstić information content (AvgIpc) is 3.08. The maximum absolute atomic E-state index is 14.4.